The second kappa shape index (κ2) is 23.2. The maximum Gasteiger partial charge on any atom is 0.247 e. The van der Waals surface area contributed by atoms with Gasteiger partial charge >= 0.3 is 0 Å². The third-order valence-corrected chi connectivity index (χ3v) is 35.1. The van der Waals surface area contributed by atoms with Crippen LogP contribution in [0, 0.1) is 105 Å². The van der Waals surface area contributed by atoms with Gasteiger partial charge in [-0.1, -0.05) is 189 Å². The van der Waals surface area contributed by atoms with Crippen LogP contribution in [0.2, 0.25) is 0 Å². The lowest BCUT2D eigenvalue weighted by Crippen LogP contribution is -2.66. The summed E-state index contributed by atoms with van der Waals surface area (Å²) >= 11 is 0. The number of benzene rings is 10. The van der Waals surface area contributed by atoms with Crippen LogP contribution in [0.25, 0.3) is 0 Å². The lowest BCUT2D eigenvalue weighted by Gasteiger charge is -2.48. The predicted octanol–water partition coefficient (Wildman–Crippen LogP) is 18.1. The predicted molar refractivity (Wildman–Crippen MR) is 477 cm³/mol. The van der Waals surface area contributed by atoms with E-state index in [1.807, 2.05) is 11.1 Å². The molecule has 0 aromatic heterocycles. The zero-order valence-corrected chi connectivity index (χ0v) is 69.2. The third kappa shape index (κ3) is 9.07. The molecule has 7 unspecified atom stereocenters. The maximum absolute atomic E-state index is 2.96. The van der Waals surface area contributed by atoms with E-state index in [1.165, 1.54) is 244 Å². The van der Waals surface area contributed by atoms with Crippen molar-refractivity contribution in [2.24, 2.45) is 29.1 Å². The van der Waals surface area contributed by atoms with E-state index in [0.29, 0.717) is 52.8 Å². The van der Waals surface area contributed by atoms with Crippen molar-refractivity contribution in [3.63, 3.8) is 0 Å². The minimum Gasteiger partial charge on any atom is -0.313 e. The smallest absolute Gasteiger partial charge is 0.247 e. The summed E-state index contributed by atoms with van der Waals surface area (Å²) in [4.78, 5) is 5.90. The number of nitrogens with zero attached hydrogens (tertiary/aromatic N) is 2. The normalized spacial score (nSPS) is 27.7. The van der Waals surface area contributed by atoms with E-state index in [4.69, 9.17) is 0 Å². The molecule has 10 aromatic rings. The van der Waals surface area contributed by atoms with Gasteiger partial charge in [-0.05, 0) is 415 Å². The van der Waals surface area contributed by atoms with E-state index < -0.39 is 0 Å². The monoisotopic (exact) mass is 1450 g/mol. The molecular weight excluding hydrogens is 1340 g/mol. The Kier molecular flexibility index (Phi) is 14.0. The van der Waals surface area contributed by atoms with Crippen molar-refractivity contribution in [3.8, 4) is 0 Å². The average molecular weight is 1460 g/mol. The molecule has 11 bridgehead atoms. The van der Waals surface area contributed by atoms with Gasteiger partial charge in [-0.2, -0.15) is 0 Å². The quantitative estimate of drug-likeness (QED) is 0.147. The van der Waals surface area contributed by atoms with Crippen molar-refractivity contribution in [2.75, 3.05) is 9.80 Å². The molecule has 6 heteroatoms. The molecule has 7 saturated carbocycles. The molecule has 10 aromatic carbocycles. The lowest BCUT2D eigenvalue weighted by molar-refractivity contribution is 0.00322. The summed E-state index contributed by atoms with van der Waals surface area (Å²) in [5, 5.41) is 0. The van der Waals surface area contributed by atoms with Gasteiger partial charge in [0.25, 0.3) is 0 Å². The van der Waals surface area contributed by atoms with Crippen LogP contribution in [-0.4, -0.2) is 26.9 Å². The summed E-state index contributed by atoms with van der Waals surface area (Å²) in [7, 11) is 0. The minimum absolute atomic E-state index is 0.0822. The number of anilines is 6. The summed E-state index contributed by atoms with van der Waals surface area (Å²) < 4.78 is 0. The summed E-state index contributed by atoms with van der Waals surface area (Å²) in [6, 6.07) is 56.4. The highest BCUT2D eigenvalue weighted by atomic mass is 15.2. The van der Waals surface area contributed by atoms with Crippen molar-refractivity contribution in [1.29, 1.82) is 0 Å². The average Bonchev–Trinajstić information content (AvgIpc) is 1.34. The zero-order valence-electron chi connectivity index (χ0n) is 69.2. The van der Waals surface area contributed by atoms with E-state index in [2.05, 4.69) is 227 Å². The number of rotatable bonds is 7. The van der Waals surface area contributed by atoms with Crippen LogP contribution < -0.4 is 75.4 Å². The van der Waals surface area contributed by atoms with Crippen LogP contribution in [0.4, 0.5) is 34.1 Å². The Morgan fingerprint density at radius 3 is 1.36 bits per heavy atom. The van der Waals surface area contributed by atoms with E-state index in [-0.39, 0.29) is 32.3 Å². The van der Waals surface area contributed by atoms with Crippen LogP contribution in [0.3, 0.4) is 0 Å². The molecule has 0 radical (unpaired) electrons. The Morgan fingerprint density at radius 1 is 0.321 bits per heavy atom. The molecule has 0 saturated heterocycles. The first kappa shape index (κ1) is 67.4. The molecule has 4 heterocycles. The molecule has 112 heavy (non-hydrogen) atoms. The highest BCUT2D eigenvalue weighted by Crippen LogP contribution is 2.76. The summed E-state index contributed by atoms with van der Waals surface area (Å²) in [6.07, 6.45) is 25.6. The molecule has 7 fully saturated rings. The van der Waals surface area contributed by atoms with Gasteiger partial charge in [-0.15, -0.1) is 0 Å². The summed E-state index contributed by atoms with van der Waals surface area (Å²) in [5.74, 6) is 8.55. The second-order valence-electron chi connectivity index (χ2n) is 42.1. The van der Waals surface area contributed by atoms with E-state index >= 15 is 0 Å². The first-order valence-corrected chi connectivity index (χ1v) is 45.1. The maximum atomic E-state index is 2.96. The molecule has 1 spiro atoms. The van der Waals surface area contributed by atoms with Gasteiger partial charge in [-0.25, -0.2) is 0 Å². The highest BCUT2D eigenvalue weighted by molar-refractivity contribution is 7.04. The van der Waals surface area contributed by atoms with Crippen molar-refractivity contribution in [3.05, 3.63) is 244 Å². The topological polar surface area (TPSA) is 6.48 Å². The van der Waals surface area contributed by atoms with Crippen LogP contribution in [0.15, 0.2) is 127 Å². The summed E-state index contributed by atoms with van der Waals surface area (Å²) in [6.45, 7) is 32.5. The fourth-order valence-corrected chi connectivity index (χ4v) is 31.3. The van der Waals surface area contributed by atoms with Gasteiger partial charge in [0.05, 0.1) is 0 Å². The highest BCUT2D eigenvalue weighted by Gasteiger charge is 2.67. The van der Waals surface area contributed by atoms with Gasteiger partial charge in [0.2, 0.25) is 26.9 Å². The van der Waals surface area contributed by atoms with Crippen molar-refractivity contribution in [2.45, 2.75) is 265 Å². The van der Waals surface area contributed by atoms with Gasteiger partial charge in [0, 0.05) is 34.1 Å². The molecule has 4 aliphatic heterocycles. The number of fused-ring (bicyclic) bond motifs is 18. The van der Waals surface area contributed by atoms with Crippen LogP contribution >= 0.6 is 0 Å². The number of hydrogen-bond donors (Lipinski definition) is 0. The third-order valence-electron chi connectivity index (χ3n) is 35.1. The standard InChI is InChI=1S/C106H110B4N2/c1-54-14-24-93-87(33-54)107(78-31-55(2)26-56(3)32-78)92-48-85-71-37-65-36-66(38-71)40-72(39-65)97(85)102-104(92)111(93)94-25-23-80-73-41-76-43-77-42-74(52-106(76,77)51-73)98(80)101(94)108(102)79-34-59(6)86(60(7)35-79)53-105(12,13)75-44-90-103-91(45-75)110(100-63(10)29-58(5)30-64(100)11)89-47-82-68-17-21-70(22-18-68)84(82)50-96(89)112(103)95-49-83-69-19-15-67(16-20-69)81(83)46-88(95)109(90)99-61(8)27-57(4)28-62(99)9/h14,23-35,44-50,65-74,76-77H,15-22,36-43,51-53H2,1-13H3. The number of aryl methyl sites for hydroxylation is 11. The van der Waals surface area contributed by atoms with E-state index in [0.717, 1.165) is 30.1 Å². The summed E-state index contributed by atoms with van der Waals surface area (Å²) in [5.41, 5.74) is 60.4. The SMILES string of the molecule is Cc1cc(C)cc(B2c3cc(C)ccc3N3c4ccc5c(c4B(c4cc(C)c(CC(C)(C)c6cc7c8c(c6)B(c6c(C)cc(C)cc6C)c6cc9c(cc6N8c6cc8c(cc6B7c6c(C)cc(C)cc6C)C6CCC8CC6)C6CCC9CC6)c(C)c4)c4c6c(cc2c43)C2CC3CC(C2)CC6C3)C2CC3CC4CC5CC43C2)c1. The Labute approximate surface area is 669 Å². The fourth-order valence-electron chi connectivity index (χ4n) is 31.3. The van der Waals surface area contributed by atoms with Gasteiger partial charge in [0.15, 0.2) is 0 Å². The first-order valence-electron chi connectivity index (χ1n) is 45.1. The van der Waals surface area contributed by atoms with Crippen molar-refractivity contribution in [1.82, 2.24) is 0 Å². The van der Waals surface area contributed by atoms with Gasteiger partial charge in [0.1, 0.15) is 0 Å². The Bertz CT molecular complexity index is 5660. The molecule has 0 amide bonds. The largest absolute Gasteiger partial charge is 0.313 e. The molecule has 0 N–H and O–H groups in total. The number of hydrogen-bond acceptors (Lipinski definition) is 2. The van der Waals surface area contributed by atoms with Crippen molar-refractivity contribution >= 4 is 127 Å². The molecule has 7 atom stereocenters. The van der Waals surface area contributed by atoms with Gasteiger partial charge in [-0.3, -0.25) is 0 Å². The van der Waals surface area contributed by atoms with Crippen LogP contribution in [0.1, 0.15) is 294 Å². The molecule has 28 rings (SSSR count). The first-order chi connectivity index (χ1) is 54.1. The molecule has 2 nitrogen and oxygen atoms in total. The zero-order chi connectivity index (χ0) is 75.2. The van der Waals surface area contributed by atoms with Crippen LogP contribution in [0.5, 0.6) is 0 Å². The molecule has 14 aliphatic carbocycles. The second-order valence-corrected chi connectivity index (χ2v) is 42.1. The molecule has 556 valence electrons. The fraction of sp³-hybridized carbons (Fsp3) is 0.434. The minimum atomic E-state index is -0.251. The van der Waals surface area contributed by atoms with Crippen molar-refractivity contribution < 1.29 is 0 Å². The van der Waals surface area contributed by atoms with Crippen LogP contribution in [-0.2, 0) is 11.8 Å². The Morgan fingerprint density at radius 2 is 0.786 bits per heavy atom. The molecule has 18 aliphatic rings. The van der Waals surface area contributed by atoms with E-state index in [1.54, 1.807) is 77.4 Å². The Balaban J connectivity index is 0.716. The Hall–Kier alpha value is -7.94. The molecular formula is C106H110B4N2. The van der Waals surface area contributed by atoms with E-state index in [9.17, 15) is 0 Å². The van der Waals surface area contributed by atoms with Gasteiger partial charge < -0.3 is 9.80 Å². The lowest BCUT2D eigenvalue weighted by atomic mass is 9.29.